The largest absolute Gasteiger partial charge is 0.347 e. The van der Waals surface area contributed by atoms with Crippen LogP contribution in [0.3, 0.4) is 0 Å². The number of rotatable bonds is 4. The monoisotopic (exact) mass is 399 g/mol. The van der Waals surface area contributed by atoms with Crippen molar-refractivity contribution in [2.45, 2.75) is 39.7 Å². The van der Waals surface area contributed by atoms with Gasteiger partial charge in [0.25, 0.3) is 5.91 Å². The van der Waals surface area contributed by atoms with Crippen LogP contribution < -0.4 is 5.32 Å². The lowest BCUT2D eigenvalue weighted by atomic mass is 9.88. The molecular weight excluding hydrogens is 374 g/mol. The molecule has 1 aromatic carbocycles. The second-order valence-corrected chi connectivity index (χ2v) is 8.47. The number of amides is 1. The average Bonchev–Trinajstić information content (AvgIpc) is 3.21. The summed E-state index contributed by atoms with van der Waals surface area (Å²) in [5.74, 6) is -0.177. The normalized spacial score (nSPS) is 11.6. The van der Waals surface area contributed by atoms with Crippen molar-refractivity contribution in [2.24, 2.45) is 0 Å². The number of hydrogen-bond acceptors (Lipinski definition) is 4. The summed E-state index contributed by atoms with van der Waals surface area (Å²) in [7, 11) is 0. The van der Waals surface area contributed by atoms with Gasteiger partial charge >= 0.3 is 0 Å². The van der Waals surface area contributed by atoms with Crippen LogP contribution in [-0.2, 0) is 12.0 Å². The van der Waals surface area contributed by atoms with Gasteiger partial charge in [-0.3, -0.25) is 9.78 Å². The second-order valence-electron chi connectivity index (χ2n) is 8.47. The number of carbonyl (C=O) groups is 1. The van der Waals surface area contributed by atoms with Gasteiger partial charge in [-0.25, -0.2) is 9.97 Å². The van der Waals surface area contributed by atoms with Gasteiger partial charge in [0, 0.05) is 29.9 Å². The molecule has 0 fully saturated rings. The van der Waals surface area contributed by atoms with Crippen molar-refractivity contribution in [3.8, 4) is 11.3 Å². The zero-order valence-corrected chi connectivity index (χ0v) is 17.7. The van der Waals surface area contributed by atoms with Gasteiger partial charge < -0.3 is 10.3 Å². The summed E-state index contributed by atoms with van der Waals surface area (Å²) in [6.07, 6.45) is 5.20. The molecule has 6 heteroatoms. The molecule has 30 heavy (non-hydrogen) atoms. The van der Waals surface area contributed by atoms with Crippen LogP contribution in [0.15, 0.2) is 55.1 Å². The summed E-state index contributed by atoms with van der Waals surface area (Å²) >= 11 is 0. The number of nitrogens with one attached hydrogen (secondary N) is 2. The number of pyridine rings is 1. The lowest BCUT2D eigenvalue weighted by Gasteiger charge is -2.18. The fourth-order valence-electron chi connectivity index (χ4n) is 3.38. The Hall–Kier alpha value is -3.54. The van der Waals surface area contributed by atoms with Crippen molar-refractivity contribution in [2.75, 3.05) is 0 Å². The van der Waals surface area contributed by atoms with Crippen LogP contribution in [0.1, 0.15) is 48.0 Å². The third-order valence-electron chi connectivity index (χ3n) is 5.27. The van der Waals surface area contributed by atoms with Gasteiger partial charge in [0.05, 0.1) is 5.69 Å². The molecule has 152 valence electrons. The minimum Gasteiger partial charge on any atom is -0.347 e. The molecule has 0 saturated heterocycles. The van der Waals surface area contributed by atoms with Gasteiger partial charge in [-0.15, -0.1) is 0 Å². The van der Waals surface area contributed by atoms with Crippen molar-refractivity contribution >= 4 is 16.9 Å². The summed E-state index contributed by atoms with van der Waals surface area (Å²) in [5, 5.41) is 3.96. The predicted octanol–water partition coefficient (Wildman–Crippen LogP) is 4.56. The van der Waals surface area contributed by atoms with E-state index >= 15 is 0 Å². The average molecular weight is 399 g/mol. The first-order valence-corrected chi connectivity index (χ1v) is 9.95. The molecule has 0 radical (unpaired) electrons. The Kier molecular flexibility index (Phi) is 5.08. The van der Waals surface area contributed by atoms with E-state index in [9.17, 15) is 4.79 Å². The first-order valence-electron chi connectivity index (χ1n) is 9.95. The fraction of sp³-hybridized carbons (Fsp3) is 0.250. The Balaban J connectivity index is 1.48. The third kappa shape index (κ3) is 3.94. The number of hydrogen-bond donors (Lipinski definition) is 2. The van der Waals surface area contributed by atoms with Crippen molar-refractivity contribution < 1.29 is 4.79 Å². The van der Waals surface area contributed by atoms with Crippen LogP contribution in [0.25, 0.3) is 22.3 Å². The van der Waals surface area contributed by atoms with Crippen LogP contribution in [0.2, 0.25) is 0 Å². The molecular formula is C24H25N5O. The molecule has 4 aromatic rings. The van der Waals surface area contributed by atoms with Gasteiger partial charge in [-0.05, 0) is 47.2 Å². The first-order chi connectivity index (χ1) is 14.3. The molecule has 6 nitrogen and oxygen atoms in total. The van der Waals surface area contributed by atoms with Gasteiger partial charge in [0.2, 0.25) is 0 Å². The van der Waals surface area contributed by atoms with Gasteiger partial charge in [0.1, 0.15) is 17.7 Å². The van der Waals surface area contributed by atoms with Crippen LogP contribution in [0.4, 0.5) is 0 Å². The molecule has 1 amide bonds. The van der Waals surface area contributed by atoms with Gasteiger partial charge in [-0.2, -0.15) is 0 Å². The molecule has 3 heterocycles. The highest BCUT2D eigenvalue weighted by atomic mass is 16.1. The summed E-state index contributed by atoms with van der Waals surface area (Å²) < 4.78 is 0. The highest BCUT2D eigenvalue weighted by Gasteiger charge is 2.15. The maximum atomic E-state index is 12.5. The summed E-state index contributed by atoms with van der Waals surface area (Å²) in [5.41, 5.74) is 6.41. The molecule has 0 atom stereocenters. The Bertz CT molecular complexity index is 1200. The molecule has 2 N–H and O–H groups in total. The first kappa shape index (κ1) is 19.8. The minimum absolute atomic E-state index is 0.0104. The Morgan fingerprint density at radius 3 is 2.60 bits per heavy atom. The Morgan fingerprint density at radius 1 is 1.07 bits per heavy atom. The van der Waals surface area contributed by atoms with E-state index in [1.807, 2.05) is 37.4 Å². The summed E-state index contributed by atoms with van der Waals surface area (Å²) in [6.45, 7) is 8.85. The minimum atomic E-state index is -0.177. The van der Waals surface area contributed by atoms with Crippen molar-refractivity contribution in [3.63, 3.8) is 0 Å². The van der Waals surface area contributed by atoms with Crippen molar-refractivity contribution in [1.82, 2.24) is 25.3 Å². The van der Waals surface area contributed by atoms with E-state index in [4.69, 9.17) is 0 Å². The van der Waals surface area contributed by atoms with E-state index in [-0.39, 0.29) is 11.3 Å². The van der Waals surface area contributed by atoms with Crippen LogP contribution in [0.5, 0.6) is 0 Å². The Labute approximate surface area is 175 Å². The number of nitrogens with zero attached hydrogens (tertiary/aromatic N) is 3. The SMILES string of the molecule is Cc1cc(-c2ncnc3[nH]ccc23)ccc1CNC(=O)c1ccc(C(C)(C)C)cn1. The zero-order valence-electron chi connectivity index (χ0n) is 17.7. The lowest BCUT2D eigenvalue weighted by molar-refractivity contribution is 0.0946. The highest BCUT2D eigenvalue weighted by molar-refractivity contribution is 5.92. The number of fused-ring (bicyclic) bond motifs is 1. The van der Waals surface area contributed by atoms with Gasteiger partial charge in [-0.1, -0.05) is 39.0 Å². The number of benzene rings is 1. The number of carbonyl (C=O) groups excluding carboxylic acids is 1. The molecule has 0 saturated carbocycles. The molecule has 0 unspecified atom stereocenters. The second kappa shape index (κ2) is 7.71. The number of aromatic nitrogens is 4. The molecule has 0 spiro atoms. The van der Waals surface area contributed by atoms with Crippen molar-refractivity contribution in [3.05, 3.63) is 77.5 Å². The highest BCUT2D eigenvalue weighted by Crippen LogP contribution is 2.26. The van der Waals surface area contributed by atoms with E-state index in [1.54, 1.807) is 18.6 Å². The molecule has 0 bridgehead atoms. The van der Waals surface area contributed by atoms with E-state index in [0.29, 0.717) is 12.2 Å². The topological polar surface area (TPSA) is 83.6 Å². The fourth-order valence-corrected chi connectivity index (χ4v) is 3.38. The van der Waals surface area contributed by atoms with E-state index in [1.165, 1.54) is 0 Å². The lowest BCUT2D eigenvalue weighted by Crippen LogP contribution is -2.24. The van der Waals surface area contributed by atoms with Crippen molar-refractivity contribution in [1.29, 1.82) is 0 Å². The quantitative estimate of drug-likeness (QED) is 0.527. The number of aryl methyl sites for hydroxylation is 1. The standard InChI is InChI=1S/C24H25N5O/c1-15-11-16(21-19-9-10-25-22(19)29-14-28-21)5-6-17(15)12-27-23(30)20-8-7-18(13-26-20)24(2,3)4/h5-11,13-14H,12H2,1-4H3,(H,27,30)(H,25,28,29). The smallest absolute Gasteiger partial charge is 0.270 e. The van der Waals surface area contributed by atoms with Crippen LogP contribution >= 0.6 is 0 Å². The number of H-pyrrole nitrogens is 1. The summed E-state index contributed by atoms with van der Waals surface area (Å²) in [4.78, 5) is 28.6. The molecule has 0 aliphatic carbocycles. The maximum Gasteiger partial charge on any atom is 0.270 e. The molecule has 3 aromatic heterocycles. The van der Waals surface area contributed by atoms with E-state index in [0.717, 1.165) is 39.0 Å². The maximum absolute atomic E-state index is 12.5. The van der Waals surface area contributed by atoms with Crippen LogP contribution in [0, 0.1) is 6.92 Å². The number of aromatic amines is 1. The molecule has 0 aliphatic rings. The predicted molar refractivity (Wildman–Crippen MR) is 118 cm³/mol. The molecule has 0 aliphatic heterocycles. The third-order valence-corrected chi connectivity index (χ3v) is 5.27. The zero-order chi connectivity index (χ0) is 21.3. The summed E-state index contributed by atoms with van der Waals surface area (Å²) in [6, 6.07) is 11.9. The Morgan fingerprint density at radius 2 is 1.90 bits per heavy atom. The molecule has 4 rings (SSSR count). The van der Waals surface area contributed by atoms with Crippen LogP contribution in [-0.4, -0.2) is 25.8 Å². The van der Waals surface area contributed by atoms with E-state index in [2.05, 4.69) is 52.1 Å². The van der Waals surface area contributed by atoms with Gasteiger partial charge in [0.15, 0.2) is 0 Å². The van der Waals surface area contributed by atoms with E-state index < -0.39 is 0 Å².